The van der Waals surface area contributed by atoms with Crippen molar-refractivity contribution < 1.29 is 19.1 Å². The summed E-state index contributed by atoms with van der Waals surface area (Å²) in [7, 11) is 1.76. The molecule has 0 amide bonds. The minimum absolute atomic E-state index is 0.0297. The topological polar surface area (TPSA) is 55.8 Å². The molecule has 0 aliphatic rings. The fourth-order valence-corrected chi connectivity index (χ4v) is 1.84. The summed E-state index contributed by atoms with van der Waals surface area (Å²) in [6.07, 6.45) is -0.0297. The zero-order valence-corrected chi connectivity index (χ0v) is 12.2. The van der Waals surface area contributed by atoms with Crippen molar-refractivity contribution >= 4 is 17.6 Å². The molecule has 0 spiro atoms. The van der Waals surface area contributed by atoms with Crippen LogP contribution in [0, 0.1) is 0 Å². The van der Waals surface area contributed by atoms with Crippen LogP contribution in [-0.2, 0) is 19.1 Å². The van der Waals surface area contributed by atoms with Gasteiger partial charge in [0.25, 0.3) is 0 Å². The molecule has 110 valence electrons. The Kier molecular flexibility index (Phi) is 6.56. The number of carbonyl (C=O) groups excluding carboxylic acids is 2. The minimum Gasteiger partial charge on any atom is -0.466 e. The summed E-state index contributed by atoms with van der Waals surface area (Å²) in [5, 5.41) is 0. The van der Waals surface area contributed by atoms with Gasteiger partial charge in [0.05, 0.1) is 19.6 Å². The second-order valence-corrected chi connectivity index (χ2v) is 4.22. The third kappa shape index (κ3) is 4.57. The smallest absolute Gasteiger partial charge is 0.329 e. The molecule has 1 aromatic rings. The predicted molar refractivity (Wildman–Crippen MR) is 76.5 cm³/mol. The number of hydrogen-bond acceptors (Lipinski definition) is 5. The van der Waals surface area contributed by atoms with Crippen molar-refractivity contribution in [2.24, 2.45) is 0 Å². The third-order valence-electron chi connectivity index (χ3n) is 2.85. The van der Waals surface area contributed by atoms with Crippen LogP contribution in [0.3, 0.4) is 0 Å². The van der Waals surface area contributed by atoms with Crippen molar-refractivity contribution in [3.05, 3.63) is 30.3 Å². The quantitative estimate of drug-likeness (QED) is 0.715. The lowest BCUT2D eigenvalue weighted by molar-refractivity contribution is -0.151. The third-order valence-corrected chi connectivity index (χ3v) is 2.85. The molecule has 1 aromatic carbocycles. The standard InChI is InChI=1S/C15H21NO4/c1-4-19-14(17)11-13(15(18)20-5-2)16(3)12-9-7-6-8-10-12/h6-10,13H,4-5,11H2,1-3H3/t13-/m0/s1. The summed E-state index contributed by atoms with van der Waals surface area (Å²) in [5.41, 5.74) is 0.842. The summed E-state index contributed by atoms with van der Waals surface area (Å²) in [6, 6.07) is 8.70. The normalized spacial score (nSPS) is 11.6. The fourth-order valence-electron chi connectivity index (χ4n) is 1.84. The second-order valence-electron chi connectivity index (χ2n) is 4.22. The molecular formula is C15H21NO4. The lowest BCUT2D eigenvalue weighted by Gasteiger charge is -2.27. The van der Waals surface area contributed by atoms with Gasteiger partial charge < -0.3 is 14.4 Å². The van der Waals surface area contributed by atoms with Gasteiger partial charge >= 0.3 is 11.9 Å². The van der Waals surface area contributed by atoms with Gasteiger partial charge in [-0.05, 0) is 26.0 Å². The van der Waals surface area contributed by atoms with E-state index < -0.39 is 18.0 Å². The van der Waals surface area contributed by atoms with E-state index in [-0.39, 0.29) is 13.0 Å². The molecule has 0 radical (unpaired) electrons. The van der Waals surface area contributed by atoms with Gasteiger partial charge in [0.15, 0.2) is 0 Å². The first kappa shape index (κ1) is 16.0. The van der Waals surface area contributed by atoms with E-state index in [9.17, 15) is 9.59 Å². The van der Waals surface area contributed by atoms with Crippen molar-refractivity contribution in [3.8, 4) is 0 Å². The maximum Gasteiger partial charge on any atom is 0.329 e. The average molecular weight is 279 g/mol. The highest BCUT2D eigenvalue weighted by molar-refractivity contribution is 5.85. The Hall–Kier alpha value is -2.04. The molecule has 0 saturated heterocycles. The zero-order chi connectivity index (χ0) is 15.0. The number of rotatable bonds is 7. The number of para-hydroxylation sites is 1. The molecular weight excluding hydrogens is 258 g/mol. The van der Waals surface area contributed by atoms with Gasteiger partial charge in [-0.25, -0.2) is 4.79 Å². The molecule has 1 atom stereocenters. The van der Waals surface area contributed by atoms with E-state index in [1.165, 1.54) is 0 Å². The zero-order valence-electron chi connectivity index (χ0n) is 12.2. The van der Waals surface area contributed by atoms with E-state index >= 15 is 0 Å². The highest BCUT2D eigenvalue weighted by Crippen LogP contribution is 2.17. The molecule has 0 aliphatic carbocycles. The number of hydrogen-bond donors (Lipinski definition) is 0. The van der Waals surface area contributed by atoms with Crippen molar-refractivity contribution in [3.63, 3.8) is 0 Å². The molecule has 5 nitrogen and oxygen atoms in total. The molecule has 0 aromatic heterocycles. The summed E-state index contributed by atoms with van der Waals surface area (Å²) in [6.45, 7) is 4.05. The molecule has 1 rings (SSSR count). The molecule has 0 N–H and O–H groups in total. The summed E-state index contributed by atoms with van der Waals surface area (Å²) >= 11 is 0. The Balaban J connectivity index is 2.86. The molecule has 0 aliphatic heterocycles. The van der Waals surface area contributed by atoms with Crippen LogP contribution in [0.2, 0.25) is 0 Å². The van der Waals surface area contributed by atoms with Crippen LogP contribution < -0.4 is 4.90 Å². The molecule has 0 fully saturated rings. The van der Waals surface area contributed by atoms with Crippen molar-refractivity contribution in [2.45, 2.75) is 26.3 Å². The van der Waals surface area contributed by atoms with E-state index in [2.05, 4.69) is 0 Å². The van der Waals surface area contributed by atoms with Crippen molar-refractivity contribution in [1.29, 1.82) is 0 Å². The largest absolute Gasteiger partial charge is 0.466 e. The lowest BCUT2D eigenvalue weighted by Crippen LogP contribution is -2.41. The summed E-state index contributed by atoms with van der Waals surface area (Å²) in [5.74, 6) is -0.833. The van der Waals surface area contributed by atoms with Gasteiger partial charge in [-0.1, -0.05) is 18.2 Å². The van der Waals surface area contributed by atoms with Gasteiger partial charge in [-0.15, -0.1) is 0 Å². The van der Waals surface area contributed by atoms with Gasteiger partial charge in [-0.3, -0.25) is 4.79 Å². The Labute approximate surface area is 119 Å². The van der Waals surface area contributed by atoms with Crippen LogP contribution in [0.25, 0.3) is 0 Å². The lowest BCUT2D eigenvalue weighted by atomic mass is 10.1. The van der Waals surface area contributed by atoms with Crippen LogP contribution in [0.5, 0.6) is 0 Å². The maximum absolute atomic E-state index is 12.0. The van der Waals surface area contributed by atoms with Crippen LogP contribution in [0.15, 0.2) is 30.3 Å². The number of esters is 2. The van der Waals surface area contributed by atoms with Crippen molar-refractivity contribution in [2.75, 3.05) is 25.2 Å². The molecule has 0 unspecified atom stereocenters. The van der Waals surface area contributed by atoms with E-state index in [1.807, 2.05) is 30.3 Å². The summed E-state index contributed by atoms with van der Waals surface area (Å²) < 4.78 is 9.95. The number of carbonyl (C=O) groups is 2. The molecule has 0 saturated carbocycles. The van der Waals surface area contributed by atoms with E-state index in [4.69, 9.17) is 9.47 Å². The Morgan fingerprint density at radius 2 is 1.70 bits per heavy atom. The van der Waals surface area contributed by atoms with Gasteiger partial charge in [0, 0.05) is 12.7 Å². The number of likely N-dealkylation sites (N-methyl/N-ethyl adjacent to an activating group) is 1. The molecule has 20 heavy (non-hydrogen) atoms. The number of ether oxygens (including phenoxy) is 2. The molecule has 0 bridgehead atoms. The average Bonchev–Trinajstić information content (AvgIpc) is 2.45. The second kappa shape index (κ2) is 8.19. The molecule has 0 heterocycles. The van der Waals surface area contributed by atoms with Crippen molar-refractivity contribution in [1.82, 2.24) is 0 Å². The van der Waals surface area contributed by atoms with E-state index in [1.54, 1.807) is 25.8 Å². The highest BCUT2D eigenvalue weighted by atomic mass is 16.5. The number of benzene rings is 1. The number of nitrogens with zero attached hydrogens (tertiary/aromatic N) is 1. The first-order valence-corrected chi connectivity index (χ1v) is 6.70. The van der Waals surface area contributed by atoms with E-state index in [0.29, 0.717) is 6.61 Å². The van der Waals surface area contributed by atoms with Gasteiger partial charge in [-0.2, -0.15) is 0 Å². The Bertz CT molecular complexity index is 433. The number of anilines is 1. The Morgan fingerprint density at radius 1 is 1.10 bits per heavy atom. The van der Waals surface area contributed by atoms with Crippen LogP contribution in [0.4, 0.5) is 5.69 Å². The van der Waals surface area contributed by atoms with Crippen LogP contribution in [0.1, 0.15) is 20.3 Å². The maximum atomic E-state index is 12.0. The van der Waals surface area contributed by atoms with Gasteiger partial charge in [0.2, 0.25) is 0 Å². The first-order chi connectivity index (χ1) is 9.60. The van der Waals surface area contributed by atoms with Crippen LogP contribution >= 0.6 is 0 Å². The monoisotopic (exact) mass is 279 g/mol. The van der Waals surface area contributed by atoms with E-state index in [0.717, 1.165) is 5.69 Å². The SMILES string of the molecule is CCOC(=O)C[C@@H](C(=O)OCC)N(C)c1ccccc1. The van der Waals surface area contributed by atoms with Crippen LogP contribution in [-0.4, -0.2) is 38.2 Å². The first-order valence-electron chi connectivity index (χ1n) is 6.70. The predicted octanol–water partition coefficient (Wildman–Crippen LogP) is 2.01. The minimum atomic E-state index is -0.684. The molecule has 5 heteroatoms. The Morgan fingerprint density at radius 3 is 2.25 bits per heavy atom. The fraction of sp³-hybridized carbons (Fsp3) is 0.467. The summed E-state index contributed by atoms with van der Waals surface area (Å²) in [4.78, 5) is 25.4. The highest BCUT2D eigenvalue weighted by Gasteiger charge is 2.28. The van der Waals surface area contributed by atoms with Gasteiger partial charge in [0.1, 0.15) is 6.04 Å².